The molecule has 0 heterocycles. The van der Waals surface area contributed by atoms with Crippen LogP contribution in [0, 0.1) is 17.8 Å². The minimum atomic E-state index is 0.0177. The van der Waals surface area contributed by atoms with Gasteiger partial charge in [-0.1, -0.05) is 36.8 Å². The van der Waals surface area contributed by atoms with Crippen LogP contribution in [0.15, 0.2) is 30.3 Å². The molecular formula is C18H23NO2. The Balaban J connectivity index is 1.62. The molecule has 1 N–H and O–H groups in total. The molecule has 1 unspecified atom stereocenters. The molecule has 2 bridgehead atoms. The maximum Gasteiger partial charge on any atom is 0.223 e. The number of nitrogens with one attached hydrogen (secondary N) is 1. The van der Waals surface area contributed by atoms with Crippen LogP contribution < -0.4 is 5.32 Å². The standard InChI is InChI=1S/C18H23NO2/c1-12(13-6-3-2-4-7-13)19-18(21)16-10-14-8-5-9-15(11-16)17(14)20/h2-4,6-7,12,14-16H,5,8-11H2,1H3,(H,19,21)/t12-,14-,15+,16?/m0/s1. The van der Waals surface area contributed by atoms with Crippen molar-refractivity contribution in [2.24, 2.45) is 17.8 Å². The zero-order chi connectivity index (χ0) is 14.8. The van der Waals surface area contributed by atoms with Gasteiger partial charge in [0, 0.05) is 17.8 Å². The second kappa shape index (κ2) is 6.00. The lowest BCUT2D eigenvalue weighted by Crippen LogP contribution is -2.43. The highest BCUT2D eigenvalue weighted by Crippen LogP contribution is 2.40. The molecule has 1 aromatic carbocycles. The first-order chi connectivity index (χ1) is 10.1. The zero-order valence-corrected chi connectivity index (χ0v) is 12.5. The molecular weight excluding hydrogens is 262 g/mol. The Morgan fingerprint density at radius 2 is 1.76 bits per heavy atom. The van der Waals surface area contributed by atoms with Gasteiger partial charge in [-0.2, -0.15) is 0 Å². The van der Waals surface area contributed by atoms with E-state index in [2.05, 4.69) is 5.32 Å². The van der Waals surface area contributed by atoms with Crippen LogP contribution in [0.5, 0.6) is 0 Å². The summed E-state index contributed by atoms with van der Waals surface area (Å²) in [7, 11) is 0. The van der Waals surface area contributed by atoms with Crippen molar-refractivity contribution in [1.82, 2.24) is 5.32 Å². The summed E-state index contributed by atoms with van der Waals surface area (Å²) < 4.78 is 0. The normalized spacial score (nSPS) is 29.8. The largest absolute Gasteiger partial charge is 0.349 e. The molecule has 2 aliphatic carbocycles. The Kier molecular flexibility index (Phi) is 4.09. The molecule has 3 heteroatoms. The average Bonchev–Trinajstić information content (AvgIpc) is 2.47. The van der Waals surface area contributed by atoms with Gasteiger partial charge in [-0.05, 0) is 38.2 Å². The van der Waals surface area contributed by atoms with Crippen molar-refractivity contribution in [2.75, 3.05) is 0 Å². The molecule has 3 rings (SSSR count). The second-order valence-corrected chi connectivity index (χ2v) is 6.54. The van der Waals surface area contributed by atoms with Gasteiger partial charge in [-0.15, -0.1) is 0 Å². The van der Waals surface area contributed by atoms with Gasteiger partial charge in [0.1, 0.15) is 5.78 Å². The first-order valence-electron chi connectivity index (χ1n) is 8.04. The highest BCUT2D eigenvalue weighted by atomic mass is 16.2. The zero-order valence-electron chi connectivity index (χ0n) is 12.5. The van der Waals surface area contributed by atoms with Gasteiger partial charge < -0.3 is 5.32 Å². The average molecular weight is 285 g/mol. The first kappa shape index (κ1) is 14.3. The number of Topliss-reactive ketones (excluding diaryl/α,β-unsaturated/α-hetero) is 1. The third-order valence-corrected chi connectivity index (χ3v) is 5.08. The first-order valence-corrected chi connectivity index (χ1v) is 8.04. The third kappa shape index (κ3) is 3.02. The van der Waals surface area contributed by atoms with E-state index in [1.165, 1.54) is 0 Å². The highest BCUT2D eigenvalue weighted by molar-refractivity contribution is 5.88. The van der Waals surface area contributed by atoms with E-state index in [1.807, 2.05) is 37.3 Å². The van der Waals surface area contributed by atoms with Crippen molar-refractivity contribution in [1.29, 1.82) is 0 Å². The predicted octanol–water partition coefficient (Wildman–Crippen LogP) is 3.26. The maximum atomic E-state index is 12.5. The Labute approximate surface area is 126 Å². The number of benzene rings is 1. The third-order valence-electron chi connectivity index (χ3n) is 5.08. The van der Waals surface area contributed by atoms with Crippen molar-refractivity contribution >= 4 is 11.7 Å². The number of hydrogen-bond acceptors (Lipinski definition) is 2. The number of rotatable bonds is 3. The van der Waals surface area contributed by atoms with Crippen molar-refractivity contribution in [2.45, 2.75) is 45.1 Å². The predicted molar refractivity (Wildman–Crippen MR) is 81.6 cm³/mol. The fourth-order valence-electron chi connectivity index (χ4n) is 3.85. The molecule has 0 aliphatic heterocycles. The summed E-state index contributed by atoms with van der Waals surface area (Å²) in [5.74, 6) is 0.835. The van der Waals surface area contributed by atoms with Gasteiger partial charge in [0.15, 0.2) is 0 Å². The Morgan fingerprint density at radius 3 is 2.38 bits per heavy atom. The van der Waals surface area contributed by atoms with E-state index in [0.717, 1.165) is 37.7 Å². The summed E-state index contributed by atoms with van der Waals surface area (Å²) in [6.07, 6.45) is 4.61. The van der Waals surface area contributed by atoms with Gasteiger partial charge in [-0.3, -0.25) is 9.59 Å². The summed E-state index contributed by atoms with van der Waals surface area (Å²) in [5, 5.41) is 3.12. The number of carbonyl (C=O) groups is 2. The van der Waals surface area contributed by atoms with Crippen LogP contribution in [0.1, 0.15) is 50.6 Å². The van der Waals surface area contributed by atoms with E-state index in [9.17, 15) is 9.59 Å². The summed E-state index contributed by atoms with van der Waals surface area (Å²) >= 11 is 0. The quantitative estimate of drug-likeness (QED) is 0.926. The lowest BCUT2D eigenvalue weighted by Gasteiger charge is -2.37. The highest BCUT2D eigenvalue weighted by Gasteiger charge is 2.41. The SMILES string of the molecule is C[C@H](NC(=O)C1C[C@H]2CCC[C@@H](C1)C2=O)c1ccccc1. The smallest absolute Gasteiger partial charge is 0.223 e. The van der Waals surface area contributed by atoms with E-state index in [4.69, 9.17) is 0 Å². The summed E-state index contributed by atoms with van der Waals surface area (Å²) in [4.78, 5) is 24.6. The number of hydrogen-bond donors (Lipinski definition) is 1. The van der Waals surface area contributed by atoms with Crippen molar-refractivity contribution in [3.8, 4) is 0 Å². The monoisotopic (exact) mass is 285 g/mol. The fourth-order valence-corrected chi connectivity index (χ4v) is 3.85. The van der Waals surface area contributed by atoms with Crippen LogP contribution in [0.2, 0.25) is 0 Å². The maximum absolute atomic E-state index is 12.5. The Hall–Kier alpha value is -1.64. The van der Waals surface area contributed by atoms with Gasteiger partial charge in [0.25, 0.3) is 0 Å². The van der Waals surface area contributed by atoms with Crippen molar-refractivity contribution < 1.29 is 9.59 Å². The van der Waals surface area contributed by atoms with Crippen LogP contribution in [0.25, 0.3) is 0 Å². The van der Waals surface area contributed by atoms with E-state index < -0.39 is 0 Å². The van der Waals surface area contributed by atoms with Crippen molar-refractivity contribution in [3.63, 3.8) is 0 Å². The minimum absolute atomic E-state index is 0.0177. The van der Waals surface area contributed by atoms with E-state index in [1.54, 1.807) is 0 Å². The second-order valence-electron chi connectivity index (χ2n) is 6.54. The molecule has 21 heavy (non-hydrogen) atoms. The van der Waals surface area contributed by atoms with Gasteiger partial charge in [0.2, 0.25) is 5.91 Å². The summed E-state index contributed by atoms with van der Waals surface area (Å²) in [6.45, 7) is 2.02. The van der Waals surface area contributed by atoms with Crippen LogP contribution >= 0.6 is 0 Å². The van der Waals surface area contributed by atoms with Gasteiger partial charge in [0.05, 0.1) is 6.04 Å². The molecule has 2 aliphatic rings. The summed E-state index contributed by atoms with van der Waals surface area (Å²) in [5.41, 5.74) is 1.12. The molecule has 1 aromatic rings. The number of amides is 1. The Bertz CT molecular complexity index is 509. The molecule has 2 fully saturated rings. The van der Waals surface area contributed by atoms with E-state index in [-0.39, 0.29) is 29.7 Å². The van der Waals surface area contributed by atoms with Gasteiger partial charge in [-0.25, -0.2) is 0 Å². The number of carbonyl (C=O) groups excluding carboxylic acids is 2. The molecule has 2 saturated carbocycles. The summed E-state index contributed by atoms with van der Waals surface area (Å²) in [6, 6.07) is 10.0. The molecule has 0 radical (unpaired) electrons. The molecule has 3 nitrogen and oxygen atoms in total. The molecule has 1 amide bonds. The fraction of sp³-hybridized carbons (Fsp3) is 0.556. The topological polar surface area (TPSA) is 46.2 Å². The molecule has 4 atom stereocenters. The number of ketones is 1. The lowest BCUT2D eigenvalue weighted by atomic mass is 9.67. The van der Waals surface area contributed by atoms with E-state index >= 15 is 0 Å². The molecule has 0 spiro atoms. The van der Waals surface area contributed by atoms with Crippen LogP contribution in [-0.4, -0.2) is 11.7 Å². The van der Waals surface area contributed by atoms with Crippen molar-refractivity contribution in [3.05, 3.63) is 35.9 Å². The van der Waals surface area contributed by atoms with Gasteiger partial charge >= 0.3 is 0 Å². The lowest BCUT2D eigenvalue weighted by molar-refractivity contribution is -0.137. The Morgan fingerprint density at radius 1 is 1.14 bits per heavy atom. The van der Waals surface area contributed by atoms with Crippen LogP contribution in [0.3, 0.4) is 0 Å². The molecule has 0 aromatic heterocycles. The van der Waals surface area contributed by atoms with E-state index in [0.29, 0.717) is 5.78 Å². The molecule has 0 saturated heterocycles. The van der Waals surface area contributed by atoms with Crippen LogP contribution in [0.4, 0.5) is 0 Å². The van der Waals surface area contributed by atoms with Crippen LogP contribution in [-0.2, 0) is 9.59 Å². The number of fused-ring (bicyclic) bond motifs is 2. The molecule has 112 valence electrons. The minimum Gasteiger partial charge on any atom is -0.349 e.